The Morgan fingerprint density at radius 3 is 1.66 bits per heavy atom. The zero-order valence-electron chi connectivity index (χ0n) is 30.1. The second kappa shape index (κ2) is 13.3. The Hall–Kier alpha value is -7.21. The third-order valence-electron chi connectivity index (χ3n) is 10.5. The number of aromatic nitrogens is 3. The van der Waals surface area contributed by atoms with Gasteiger partial charge < -0.3 is 4.42 Å². The minimum absolute atomic E-state index is 0.622. The van der Waals surface area contributed by atoms with Crippen LogP contribution in [-0.4, -0.2) is 15.0 Å². The van der Waals surface area contributed by atoms with Gasteiger partial charge in [-0.3, -0.25) is 0 Å². The van der Waals surface area contributed by atoms with Crippen LogP contribution in [-0.2, 0) is 0 Å². The van der Waals surface area contributed by atoms with Gasteiger partial charge in [0.15, 0.2) is 17.5 Å². The zero-order chi connectivity index (χ0) is 37.0. The smallest absolute Gasteiger partial charge is 0.164 e. The Balaban J connectivity index is 1.07. The van der Waals surface area contributed by atoms with Crippen LogP contribution >= 0.6 is 11.3 Å². The SMILES string of the molecule is c1ccc(-c2nc(-c3ccccc3)nc(-c3cccc(-c4cccc5oc6ccc(-c7cc(-c8ccccc8)c8sc9ccccc9c8c7)cc6c45)c3)n2)cc1. The van der Waals surface area contributed by atoms with E-state index in [4.69, 9.17) is 19.4 Å². The van der Waals surface area contributed by atoms with Crippen molar-refractivity contribution in [2.45, 2.75) is 0 Å². The molecule has 8 aromatic carbocycles. The summed E-state index contributed by atoms with van der Waals surface area (Å²) in [6.45, 7) is 0. The zero-order valence-corrected chi connectivity index (χ0v) is 30.9. The highest BCUT2D eigenvalue weighted by Gasteiger charge is 2.18. The highest BCUT2D eigenvalue weighted by atomic mass is 32.1. The van der Waals surface area contributed by atoms with Crippen LogP contribution in [0.25, 0.3) is 110 Å². The van der Waals surface area contributed by atoms with Gasteiger partial charge in [0, 0.05) is 53.2 Å². The number of benzene rings is 8. The summed E-state index contributed by atoms with van der Waals surface area (Å²) < 4.78 is 9.13. The van der Waals surface area contributed by atoms with E-state index in [0.29, 0.717) is 17.5 Å². The molecule has 3 aromatic heterocycles. The van der Waals surface area contributed by atoms with Crippen LogP contribution in [0.2, 0.25) is 0 Å². The molecule has 0 amide bonds. The van der Waals surface area contributed by atoms with Crippen LogP contribution in [0.1, 0.15) is 0 Å². The first-order valence-electron chi connectivity index (χ1n) is 18.7. The summed E-state index contributed by atoms with van der Waals surface area (Å²) in [5.41, 5.74) is 11.4. The summed E-state index contributed by atoms with van der Waals surface area (Å²) in [6, 6.07) is 65.7. The van der Waals surface area contributed by atoms with Gasteiger partial charge in [0.1, 0.15) is 11.2 Å². The quantitative estimate of drug-likeness (QED) is 0.171. The summed E-state index contributed by atoms with van der Waals surface area (Å²) >= 11 is 1.86. The molecule has 0 saturated carbocycles. The highest BCUT2D eigenvalue weighted by molar-refractivity contribution is 7.26. The van der Waals surface area contributed by atoms with Crippen LogP contribution in [0.5, 0.6) is 0 Å². The van der Waals surface area contributed by atoms with E-state index in [1.807, 2.05) is 72.0 Å². The van der Waals surface area contributed by atoms with Crippen LogP contribution in [0, 0.1) is 0 Å². The predicted octanol–water partition coefficient (Wildman–Crippen LogP) is 14.1. The lowest BCUT2D eigenvalue weighted by Gasteiger charge is -2.10. The van der Waals surface area contributed by atoms with Crippen molar-refractivity contribution in [1.82, 2.24) is 15.0 Å². The van der Waals surface area contributed by atoms with E-state index in [1.165, 1.54) is 36.9 Å². The molecule has 0 saturated heterocycles. The molecule has 3 heterocycles. The van der Waals surface area contributed by atoms with Crippen LogP contribution in [0.15, 0.2) is 192 Å². The molecular weight excluding hydrogens is 703 g/mol. The predicted molar refractivity (Wildman–Crippen MR) is 233 cm³/mol. The second-order valence-electron chi connectivity index (χ2n) is 14.0. The lowest BCUT2D eigenvalue weighted by molar-refractivity contribution is 0.669. The van der Waals surface area contributed by atoms with Gasteiger partial charge in [0.25, 0.3) is 0 Å². The summed E-state index contributed by atoms with van der Waals surface area (Å²) in [7, 11) is 0. The maximum atomic E-state index is 6.53. The average Bonchev–Trinajstić information content (AvgIpc) is 3.85. The van der Waals surface area contributed by atoms with Gasteiger partial charge in [0.2, 0.25) is 0 Å². The van der Waals surface area contributed by atoms with Crippen molar-refractivity contribution in [3.05, 3.63) is 188 Å². The van der Waals surface area contributed by atoms with Gasteiger partial charge in [-0.2, -0.15) is 0 Å². The third kappa shape index (κ3) is 5.56. The molecule has 0 unspecified atom stereocenters. The molecule has 0 atom stereocenters. The molecule has 0 spiro atoms. The highest BCUT2D eigenvalue weighted by Crippen LogP contribution is 2.44. The Morgan fingerprint density at radius 1 is 0.339 bits per heavy atom. The van der Waals surface area contributed by atoms with E-state index in [-0.39, 0.29) is 0 Å². The van der Waals surface area contributed by atoms with E-state index in [1.54, 1.807) is 0 Å². The topological polar surface area (TPSA) is 51.8 Å². The molecule has 11 aromatic rings. The maximum Gasteiger partial charge on any atom is 0.164 e. The standard InChI is InChI=1S/C51H31N3OS/c1-4-14-32(15-5-1)41-30-38(31-42-40-22-10-11-25-46(40)56-48(41)42)35-26-27-44-43(29-35)47-39(23-13-24-45(47)55-44)36-20-12-21-37(28-36)51-53-49(33-16-6-2-7-17-33)52-50(54-51)34-18-8-3-9-19-34/h1-31H. The maximum absolute atomic E-state index is 6.53. The minimum atomic E-state index is 0.622. The van der Waals surface area contributed by atoms with E-state index >= 15 is 0 Å². The Bertz CT molecular complexity index is 3180. The molecule has 4 nitrogen and oxygen atoms in total. The molecule has 5 heteroatoms. The third-order valence-corrected chi connectivity index (χ3v) is 11.7. The van der Waals surface area contributed by atoms with Gasteiger partial charge in [-0.05, 0) is 70.3 Å². The van der Waals surface area contributed by atoms with Crippen LogP contribution in [0.3, 0.4) is 0 Å². The van der Waals surface area contributed by atoms with Crippen LogP contribution < -0.4 is 0 Å². The first-order chi connectivity index (χ1) is 27.7. The number of furan rings is 1. The summed E-state index contributed by atoms with van der Waals surface area (Å²) in [4.78, 5) is 14.9. The lowest BCUT2D eigenvalue weighted by atomic mass is 9.94. The van der Waals surface area contributed by atoms with Crippen molar-refractivity contribution >= 4 is 53.4 Å². The van der Waals surface area contributed by atoms with E-state index in [0.717, 1.165) is 55.3 Å². The fourth-order valence-corrected chi connectivity index (χ4v) is 9.06. The summed E-state index contributed by atoms with van der Waals surface area (Å²) in [5.74, 6) is 1.90. The number of fused-ring (bicyclic) bond motifs is 6. The van der Waals surface area contributed by atoms with E-state index in [9.17, 15) is 0 Å². The largest absolute Gasteiger partial charge is 0.456 e. The lowest BCUT2D eigenvalue weighted by Crippen LogP contribution is -2.00. The summed E-state index contributed by atoms with van der Waals surface area (Å²) in [6.07, 6.45) is 0. The van der Waals surface area contributed by atoms with Crippen molar-refractivity contribution in [1.29, 1.82) is 0 Å². The average molecular weight is 734 g/mol. The first-order valence-corrected chi connectivity index (χ1v) is 19.5. The monoisotopic (exact) mass is 733 g/mol. The number of rotatable bonds is 6. The molecule has 0 aliphatic heterocycles. The fourth-order valence-electron chi connectivity index (χ4n) is 7.84. The van der Waals surface area contributed by atoms with Gasteiger partial charge in [-0.1, -0.05) is 146 Å². The molecule has 262 valence electrons. The molecule has 0 aliphatic rings. The van der Waals surface area contributed by atoms with Crippen molar-refractivity contribution < 1.29 is 4.42 Å². The second-order valence-corrected chi connectivity index (χ2v) is 15.0. The Labute approximate surface area is 327 Å². The molecule has 0 N–H and O–H groups in total. The molecule has 0 bridgehead atoms. The molecule has 56 heavy (non-hydrogen) atoms. The number of thiophene rings is 1. The van der Waals surface area contributed by atoms with E-state index in [2.05, 4.69) is 127 Å². The number of nitrogens with zero attached hydrogens (tertiary/aromatic N) is 3. The number of hydrogen-bond donors (Lipinski definition) is 0. The Kier molecular flexibility index (Phi) is 7.64. The van der Waals surface area contributed by atoms with Crippen LogP contribution in [0.4, 0.5) is 0 Å². The van der Waals surface area contributed by atoms with Crippen molar-refractivity contribution in [2.75, 3.05) is 0 Å². The van der Waals surface area contributed by atoms with Crippen molar-refractivity contribution in [3.63, 3.8) is 0 Å². The molecule has 0 aliphatic carbocycles. The van der Waals surface area contributed by atoms with Gasteiger partial charge in [-0.25, -0.2) is 15.0 Å². The fraction of sp³-hybridized carbons (Fsp3) is 0. The van der Waals surface area contributed by atoms with Crippen molar-refractivity contribution in [3.8, 4) is 67.5 Å². The summed E-state index contributed by atoms with van der Waals surface area (Å²) in [5, 5.41) is 4.72. The van der Waals surface area contributed by atoms with Gasteiger partial charge in [0.05, 0.1) is 0 Å². The molecule has 0 fully saturated rings. The van der Waals surface area contributed by atoms with Gasteiger partial charge in [-0.15, -0.1) is 11.3 Å². The molecule has 0 radical (unpaired) electrons. The minimum Gasteiger partial charge on any atom is -0.456 e. The molecular formula is C51H31N3OS. The Morgan fingerprint density at radius 2 is 0.929 bits per heavy atom. The normalized spacial score (nSPS) is 11.6. The van der Waals surface area contributed by atoms with Gasteiger partial charge >= 0.3 is 0 Å². The van der Waals surface area contributed by atoms with E-state index < -0.39 is 0 Å². The molecule has 11 rings (SSSR count). The number of hydrogen-bond acceptors (Lipinski definition) is 5. The first kappa shape index (κ1) is 32.2. The van der Waals surface area contributed by atoms with Crippen molar-refractivity contribution in [2.24, 2.45) is 0 Å².